The Morgan fingerprint density at radius 3 is 2.55 bits per heavy atom. The van der Waals surface area contributed by atoms with Crippen LogP contribution < -0.4 is 4.80 Å². The summed E-state index contributed by atoms with van der Waals surface area (Å²) in [4.78, 5) is 39.1. The van der Waals surface area contributed by atoms with Crippen LogP contribution in [0.25, 0.3) is 10.2 Å². The number of nitro groups is 1. The summed E-state index contributed by atoms with van der Waals surface area (Å²) >= 11 is 13.5. The lowest BCUT2D eigenvalue weighted by atomic mass is 10.2. The zero-order chi connectivity index (χ0) is 21.1. The van der Waals surface area contributed by atoms with Crippen LogP contribution in [0.5, 0.6) is 0 Å². The molecular formula is C18H13Cl2N3O5S. The molecule has 0 bridgehead atoms. The number of hydrogen-bond acceptors (Lipinski definition) is 6. The number of aromatic nitrogens is 1. The van der Waals surface area contributed by atoms with E-state index in [1.54, 1.807) is 13.0 Å². The zero-order valence-electron chi connectivity index (χ0n) is 14.9. The lowest BCUT2D eigenvalue weighted by Gasteiger charge is -2.06. The molecule has 150 valence electrons. The highest BCUT2D eigenvalue weighted by molar-refractivity contribution is 7.16. The second-order valence-corrected chi connectivity index (χ2v) is 7.58. The molecule has 0 aliphatic rings. The van der Waals surface area contributed by atoms with Gasteiger partial charge in [-0.25, -0.2) is 0 Å². The molecule has 0 saturated heterocycles. The average molecular weight is 454 g/mol. The van der Waals surface area contributed by atoms with Gasteiger partial charge in [0.1, 0.15) is 6.54 Å². The molecule has 1 amide bonds. The Morgan fingerprint density at radius 2 is 1.93 bits per heavy atom. The van der Waals surface area contributed by atoms with Gasteiger partial charge >= 0.3 is 5.97 Å². The topological polar surface area (TPSA) is 104 Å². The largest absolute Gasteiger partial charge is 0.465 e. The molecular weight excluding hydrogens is 441 g/mol. The third-order valence-corrected chi connectivity index (χ3v) is 5.34. The number of amides is 1. The third kappa shape index (κ3) is 4.64. The molecule has 0 saturated carbocycles. The number of thiazole rings is 1. The van der Waals surface area contributed by atoms with Crippen molar-refractivity contribution in [1.82, 2.24) is 4.57 Å². The van der Waals surface area contributed by atoms with E-state index in [1.165, 1.54) is 34.9 Å². The fourth-order valence-corrected chi connectivity index (χ4v) is 4.38. The van der Waals surface area contributed by atoms with Crippen molar-refractivity contribution in [3.63, 3.8) is 0 Å². The third-order valence-electron chi connectivity index (χ3n) is 3.81. The molecule has 0 unspecified atom stereocenters. The van der Waals surface area contributed by atoms with E-state index in [4.69, 9.17) is 27.9 Å². The van der Waals surface area contributed by atoms with Gasteiger partial charge in [0.15, 0.2) is 4.80 Å². The summed E-state index contributed by atoms with van der Waals surface area (Å²) < 4.78 is 7.12. The van der Waals surface area contributed by atoms with E-state index in [-0.39, 0.29) is 29.2 Å². The first-order valence-corrected chi connectivity index (χ1v) is 9.85. The first kappa shape index (κ1) is 21.0. The molecule has 0 radical (unpaired) electrons. The summed E-state index contributed by atoms with van der Waals surface area (Å²) in [6, 6.07) is 8.26. The number of nitro benzene ring substituents is 1. The van der Waals surface area contributed by atoms with Crippen molar-refractivity contribution in [3.8, 4) is 0 Å². The fourth-order valence-electron chi connectivity index (χ4n) is 2.57. The standard InChI is InChI=1S/C18H13Cl2N3O5S/c1-2-28-15(24)9-22-16-13(20)7-11(19)8-14(16)29-18(22)21-17(25)10-3-5-12(6-4-10)23(26)27/h3-8H,2,9H2,1H3. The van der Waals surface area contributed by atoms with Crippen molar-refractivity contribution in [1.29, 1.82) is 0 Å². The molecule has 1 heterocycles. The molecule has 3 rings (SSSR count). The predicted octanol–water partition coefficient (Wildman–Crippen LogP) is 4.22. The Balaban J connectivity index is 2.11. The van der Waals surface area contributed by atoms with Gasteiger partial charge in [0, 0.05) is 22.7 Å². The smallest absolute Gasteiger partial charge is 0.326 e. The van der Waals surface area contributed by atoms with Gasteiger partial charge in [-0.15, -0.1) is 0 Å². The minimum Gasteiger partial charge on any atom is -0.465 e. The van der Waals surface area contributed by atoms with Crippen LogP contribution in [0, 0.1) is 10.1 Å². The summed E-state index contributed by atoms with van der Waals surface area (Å²) in [6.07, 6.45) is 0. The monoisotopic (exact) mass is 453 g/mol. The van der Waals surface area contributed by atoms with Crippen LogP contribution in [0.3, 0.4) is 0 Å². The van der Waals surface area contributed by atoms with Crippen molar-refractivity contribution in [2.45, 2.75) is 13.5 Å². The normalized spacial score (nSPS) is 11.6. The van der Waals surface area contributed by atoms with E-state index in [2.05, 4.69) is 4.99 Å². The number of carbonyl (C=O) groups excluding carboxylic acids is 2. The second-order valence-electron chi connectivity index (χ2n) is 5.73. The van der Waals surface area contributed by atoms with Gasteiger partial charge in [-0.2, -0.15) is 4.99 Å². The molecule has 0 aliphatic heterocycles. The summed E-state index contributed by atoms with van der Waals surface area (Å²) in [7, 11) is 0. The maximum atomic E-state index is 12.6. The molecule has 2 aromatic carbocycles. The van der Waals surface area contributed by atoms with E-state index >= 15 is 0 Å². The number of rotatable bonds is 5. The summed E-state index contributed by atoms with van der Waals surface area (Å²) in [5, 5.41) is 11.5. The SMILES string of the molecule is CCOC(=O)Cn1c(=NC(=O)c2ccc([N+](=O)[O-])cc2)sc2cc(Cl)cc(Cl)c21. The molecule has 1 aromatic heterocycles. The molecule has 11 heteroatoms. The molecule has 0 spiro atoms. The number of halogens is 2. The summed E-state index contributed by atoms with van der Waals surface area (Å²) in [5.41, 5.74) is 0.534. The van der Waals surface area contributed by atoms with E-state index in [9.17, 15) is 19.7 Å². The molecule has 0 N–H and O–H groups in total. The number of fused-ring (bicyclic) bond motifs is 1. The zero-order valence-corrected chi connectivity index (χ0v) is 17.3. The van der Waals surface area contributed by atoms with E-state index in [0.717, 1.165) is 11.3 Å². The lowest BCUT2D eigenvalue weighted by Crippen LogP contribution is -2.23. The van der Waals surface area contributed by atoms with E-state index in [1.807, 2.05) is 0 Å². The van der Waals surface area contributed by atoms with Crippen LogP contribution in [0.15, 0.2) is 41.4 Å². The molecule has 0 aliphatic carbocycles. The minimum absolute atomic E-state index is 0.137. The van der Waals surface area contributed by atoms with Crippen molar-refractivity contribution in [2.75, 3.05) is 6.61 Å². The summed E-state index contributed by atoms with van der Waals surface area (Å²) in [6.45, 7) is 1.70. The predicted molar refractivity (Wildman–Crippen MR) is 109 cm³/mol. The van der Waals surface area contributed by atoms with Crippen LogP contribution in [0.4, 0.5) is 5.69 Å². The number of carbonyl (C=O) groups is 2. The van der Waals surface area contributed by atoms with Gasteiger partial charge in [0.25, 0.3) is 11.6 Å². The maximum absolute atomic E-state index is 12.6. The molecule has 3 aromatic rings. The minimum atomic E-state index is -0.619. The van der Waals surface area contributed by atoms with Crippen LogP contribution in [-0.4, -0.2) is 28.0 Å². The van der Waals surface area contributed by atoms with Crippen molar-refractivity contribution >= 4 is 62.3 Å². The van der Waals surface area contributed by atoms with Gasteiger partial charge in [-0.1, -0.05) is 34.5 Å². The Morgan fingerprint density at radius 1 is 1.24 bits per heavy atom. The average Bonchev–Trinajstić information content (AvgIpc) is 2.98. The molecule has 0 atom stereocenters. The Hall–Kier alpha value is -2.75. The highest BCUT2D eigenvalue weighted by Gasteiger charge is 2.16. The molecule has 8 nitrogen and oxygen atoms in total. The second kappa shape index (κ2) is 8.73. The van der Waals surface area contributed by atoms with Crippen LogP contribution in [-0.2, 0) is 16.1 Å². The highest BCUT2D eigenvalue weighted by atomic mass is 35.5. The number of nitrogens with zero attached hydrogens (tertiary/aromatic N) is 3. The number of benzene rings is 2. The van der Waals surface area contributed by atoms with E-state index in [0.29, 0.717) is 20.3 Å². The van der Waals surface area contributed by atoms with E-state index < -0.39 is 16.8 Å². The Bertz CT molecular complexity index is 1180. The van der Waals surface area contributed by atoms with Crippen molar-refractivity contribution in [3.05, 3.63) is 66.9 Å². The first-order valence-electron chi connectivity index (χ1n) is 8.27. The van der Waals surface area contributed by atoms with Crippen LogP contribution >= 0.6 is 34.5 Å². The van der Waals surface area contributed by atoms with Crippen molar-refractivity contribution < 1.29 is 19.2 Å². The van der Waals surface area contributed by atoms with Gasteiger partial charge in [0.2, 0.25) is 0 Å². The highest BCUT2D eigenvalue weighted by Crippen LogP contribution is 2.29. The number of hydrogen-bond donors (Lipinski definition) is 0. The van der Waals surface area contributed by atoms with Crippen molar-refractivity contribution in [2.24, 2.45) is 4.99 Å². The first-order chi connectivity index (χ1) is 13.8. The molecule has 29 heavy (non-hydrogen) atoms. The quantitative estimate of drug-likeness (QED) is 0.326. The van der Waals surface area contributed by atoms with Gasteiger partial charge in [0.05, 0.1) is 26.8 Å². The Labute approximate surface area is 178 Å². The van der Waals surface area contributed by atoms with Crippen LogP contribution in [0.1, 0.15) is 17.3 Å². The maximum Gasteiger partial charge on any atom is 0.326 e. The fraction of sp³-hybridized carbons (Fsp3) is 0.167. The van der Waals surface area contributed by atoms with Gasteiger partial charge in [-0.3, -0.25) is 19.7 Å². The number of esters is 1. The number of non-ortho nitro benzene ring substituents is 1. The molecule has 0 fully saturated rings. The Kier molecular flexibility index (Phi) is 6.31. The van der Waals surface area contributed by atoms with Gasteiger partial charge < -0.3 is 9.30 Å². The lowest BCUT2D eigenvalue weighted by molar-refractivity contribution is -0.384. The van der Waals surface area contributed by atoms with Crippen LogP contribution in [0.2, 0.25) is 10.0 Å². The number of ether oxygens (including phenoxy) is 1. The van der Waals surface area contributed by atoms with Gasteiger partial charge in [-0.05, 0) is 31.2 Å². The summed E-state index contributed by atoms with van der Waals surface area (Å²) in [5.74, 6) is -1.13.